The van der Waals surface area contributed by atoms with Crippen LogP contribution in [0.1, 0.15) is 26.5 Å². The summed E-state index contributed by atoms with van der Waals surface area (Å²) in [6.07, 6.45) is 0. The van der Waals surface area contributed by atoms with Gasteiger partial charge >= 0.3 is 0 Å². The Morgan fingerprint density at radius 1 is 0.920 bits per heavy atom. The number of para-hydroxylation sites is 2. The third-order valence-corrected chi connectivity index (χ3v) is 3.58. The Hall–Kier alpha value is -2.88. The number of rotatable bonds is 2. The van der Waals surface area contributed by atoms with E-state index in [1.54, 1.807) is 0 Å². The van der Waals surface area contributed by atoms with Crippen molar-refractivity contribution >= 4 is 28.2 Å². The Bertz CT molecular complexity index is 893. The van der Waals surface area contributed by atoms with Gasteiger partial charge in [-0.25, -0.2) is 4.99 Å². The largest absolute Gasteiger partial charge is 0.326 e. The number of guanidine groups is 1. The van der Waals surface area contributed by atoms with Crippen LogP contribution in [0.3, 0.4) is 0 Å². The van der Waals surface area contributed by atoms with Crippen molar-refractivity contribution in [2.24, 2.45) is 4.99 Å². The Balaban J connectivity index is 2.00. The van der Waals surface area contributed by atoms with Crippen LogP contribution in [0.15, 0.2) is 65.7 Å². The standard InChI is InChI=1S/C21H24N4/c1-15-14-19(17-12-8-9-13-18(17)22-15)24-20(25-21(2,3)4)23-16-10-6-5-7-11-16/h5-14H,1-4H3,(H2,22,23,24,25). The molecule has 1 aromatic heterocycles. The zero-order valence-corrected chi connectivity index (χ0v) is 15.2. The molecule has 0 saturated carbocycles. The van der Waals surface area contributed by atoms with Crippen molar-refractivity contribution in [3.8, 4) is 0 Å². The molecule has 128 valence electrons. The molecule has 0 radical (unpaired) electrons. The summed E-state index contributed by atoms with van der Waals surface area (Å²) in [6.45, 7) is 8.24. The fourth-order valence-electron chi connectivity index (χ4n) is 2.62. The van der Waals surface area contributed by atoms with Gasteiger partial charge in [-0.05, 0) is 52.0 Å². The van der Waals surface area contributed by atoms with Crippen LogP contribution in [-0.2, 0) is 0 Å². The predicted molar refractivity (Wildman–Crippen MR) is 107 cm³/mol. The first-order valence-corrected chi connectivity index (χ1v) is 8.46. The molecule has 4 nitrogen and oxygen atoms in total. The van der Waals surface area contributed by atoms with E-state index >= 15 is 0 Å². The highest BCUT2D eigenvalue weighted by Gasteiger charge is 2.12. The van der Waals surface area contributed by atoms with Gasteiger partial charge in [-0.1, -0.05) is 36.4 Å². The molecule has 0 fully saturated rings. The second kappa shape index (κ2) is 6.93. The molecule has 2 N–H and O–H groups in total. The number of nitrogens with one attached hydrogen (secondary N) is 2. The molecule has 0 aliphatic heterocycles. The average molecular weight is 332 g/mol. The van der Waals surface area contributed by atoms with Crippen LogP contribution in [0, 0.1) is 6.92 Å². The van der Waals surface area contributed by atoms with E-state index in [1.165, 1.54) is 0 Å². The van der Waals surface area contributed by atoms with Gasteiger partial charge in [-0.3, -0.25) is 4.98 Å². The number of benzene rings is 2. The van der Waals surface area contributed by atoms with E-state index in [2.05, 4.69) is 42.5 Å². The average Bonchev–Trinajstić information content (AvgIpc) is 2.54. The number of hydrogen-bond acceptors (Lipinski definition) is 2. The van der Waals surface area contributed by atoms with Crippen LogP contribution in [0.4, 0.5) is 11.4 Å². The van der Waals surface area contributed by atoms with Gasteiger partial charge in [0, 0.05) is 16.8 Å². The number of fused-ring (bicyclic) bond motifs is 1. The summed E-state index contributed by atoms with van der Waals surface area (Å²) in [4.78, 5) is 9.41. The van der Waals surface area contributed by atoms with Crippen LogP contribution >= 0.6 is 0 Å². The quantitative estimate of drug-likeness (QED) is 0.499. The highest BCUT2D eigenvalue weighted by molar-refractivity contribution is 6.08. The van der Waals surface area contributed by atoms with Crippen LogP contribution in [0.5, 0.6) is 0 Å². The van der Waals surface area contributed by atoms with Crippen LogP contribution in [0.2, 0.25) is 0 Å². The molecule has 0 amide bonds. The molecule has 0 atom stereocenters. The monoisotopic (exact) mass is 332 g/mol. The fraction of sp³-hybridized carbons (Fsp3) is 0.238. The lowest BCUT2D eigenvalue weighted by Crippen LogP contribution is -2.27. The highest BCUT2D eigenvalue weighted by atomic mass is 15.2. The highest BCUT2D eigenvalue weighted by Crippen LogP contribution is 2.23. The molecular formula is C21H24N4. The van der Waals surface area contributed by atoms with Crippen molar-refractivity contribution in [2.75, 3.05) is 10.6 Å². The molecule has 1 heterocycles. The molecule has 25 heavy (non-hydrogen) atoms. The Morgan fingerprint density at radius 3 is 2.32 bits per heavy atom. The van der Waals surface area contributed by atoms with E-state index in [0.29, 0.717) is 0 Å². The summed E-state index contributed by atoms with van der Waals surface area (Å²) >= 11 is 0. The lowest BCUT2D eigenvalue weighted by atomic mass is 10.1. The maximum atomic E-state index is 4.81. The first-order valence-electron chi connectivity index (χ1n) is 8.46. The number of anilines is 2. The number of hydrogen-bond donors (Lipinski definition) is 2. The van der Waals surface area contributed by atoms with Gasteiger partial charge in [-0.2, -0.15) is 0 Å². The number of aliphatic imine (C=N–C) groups is 1. The zero-order valence-electron chi connectivity index (χ0n) is 15.2. The van der Waals surface area contributed by atoms with E-state index in [1.807, 2.05) is 61.5 Å². The molecule has 4 heteroatoms. The van der Waals surface area contributed by atoms with E-state index in [-0.39, 0.29) is 5.54 Å². The van der Waals surface area contributed by atoms with Gasteiger partial charge < -0.3 is 10.6 Å². The maximum absolute atomic E-state index is 4.81. The van der Waals surface area contributed by atoms with Gasteiger partial charge in [-0.15, -0.1) is 0 Å². The lowest BCUT2D eigenvalue weighted by Gasteiger charge is -2.19. The van der Waals surface area contributed by atoms with Crippen molar-refractivity contribution < 1.29 is 0 Å². The van der Waals surface area contributed by atoms with Crippen LogP contribution in [-0.4, -0.2) is 16.5 Å². The summed E-state index contributed by atoms with van der Waals surface area (Å²) in [5, 5.41) is 7.93. The number of aryl methyl sites for hydroxylation is 1. The molecule has 0 unspecified atom stereocenters. The van der Waals surface area contributed by atoms with E-state index in [0.717, 1.165) is 33.9 Å². The van der Waals surface area contributed by atoms with Gasteiger partial charge in [0.1, 0.15) is 0 Å². The first kappa shape index (κ1) is 17.0. The molecule has 2 aromatic carbocycles. The minimum absolute atomic E-state index is 0.206. The van der Waals surface area contributed by atoms with E-state index in [4.69, 9.17) is 4.99 Å². The fourth-order valence-corrected chi connectivity index (χ4v) is 2.62. The lowest BCUT2D eigenvalue weighted by molar-refractivity contribution is 0.583. The smallest absolute Gasteiger partial charge is 0.200 e. The molecule has 3 rings (SSSR count). The molecule has 0 spiro atoms. The summed E-state index contributed by atoms with van der Waals surface area (Å²) in [6, 6.07) is 20.2. The third-order valence-electron chi connectivity index (χ3n) is 3.58. The number of aromatic nitrogens is 1. The SMILES string of the molecule is Cc1cc(NC(=NC(C)(C)C)Nc2ccccc2)c2ccccc2n1. The molecule has 3 aromatic rings. The van der Waals surface area contributed by atoms with Crippen LogP contribution < -0.4 is 10.6 Å². The Labute approximate surface area is 149 Å². The van der Waals surface area contributed by atoms with E-state index in [9.17, 15) is 0 Å². The molecule has 0 saturated heterocycles. The van der Waals surface area contributed by atoms with Crippen molar-refractivity contribution in [3.05, 3.63) is 66.4 Å². The summed E-state index contributed by atoms with van der Waals surface area (Å²) in [5.41, 5.74) is 3.72. The normalized spacial score (nSPS) is 12.2. The van der Waals surface area contributed by atoms with Gasteiger partial charge in [0.25, 0.3) is 0 Å². The zero-order chi connectivity index (χ0) is 17.9. The van der Waals surface area contributed by atoms with Gasteiger partial charge in [0.15, 0.2) is 0 Å². The first-order chi connectivity index (χ1) is 11.9. The van der Waals surface area contributed by atoms with Crippen molar-refractivity contribution in [1.82, 2.24) is 4.98 Å². The predicted octanol–water partition coefficient (Wildman–Crippen LogP) is 5.22. The Morgan fingerprint density at radius 2 is 1.60 bits per heavy atom. The van der Waals surface area contributed by atoms with Crippen LogP contribution in [0.25, 0.3) is 10.9 Å². The van der Waals surface area contributed by atoms with Crippen molar-refractivity contribution in [1.29, 1.82) is 0 Å². The number of pyridine rings is 1. The van der Waals surface area contributed by atoms with Gasteiger partial charge in [0.05, 0.1) is 16.7 Å². The third kappa shape index (κ3) is 4.57. The maximum Gasteiger partial charge on any atom is 0.200 e. The molecular weight excluding hydrogens is 308 g/mol. The minimum atomic E-state index is -0.206. The second-order valence-corrected chi connectivity index (χ2v) is 7.08. The summed E-state index contributed by atoms with van der Waals surface area (Å²) < 4.78 is 0. The molecule has 0 bridgehead atoms. The van der Waals surface area contributed by atoms with Gasteiger partial charge in [0.2, 0.25) is 5.96 Å². The molecule has 0 aliphatic carbocycles. The van der Waals surface area contributed by atoms with Crippen molar-refractivity contribution in [2.45, 2.75) is 33.2 Å². The number of nitrogens with zero attached hydrogens (tertiary/aromatic N) is 2. The summed E-state index contributed by atoms with van der Waals surface area (Å²) in [7, 11) is 0. The minimum Gasteiger partial charge on any atom is -0.326 e. The molecule has 0 aliphatic rings. The topological polar surface area (TPSA) is 49.3 Å². The summed E-state index contributed by atoms with van der Waals surface area (Å²) in [5.74, 6) is 0.717. The van der Waals surface area contributed by atoms with Crippen molar-refractivity contribution in [3.63, 3.8) is 0 Å². The second-order valence-electron chi connectivity index (χ2n) is 7.08. The Kier molecular flexibility index (Phi) is 4.70. The van der Waals surface area contributed by atoms with E-state index < -0.39 is 0 Å².